The van der Waals surface area contributed by atoms with Gasteiger partial charge in [0.05, 0.1) is 25.9 Å². The van der Waals surface area contributed by atoms with Crippen molar-refractivity contribution >= 4 is 35.9 Å². The third-order valence-electron chi connectivity index (χ3n) is 8.66. The molecule has 4 rings (SSSR count). The topological polar surface area (TPSA) is 210 Å². The summed E-state index contributed by atoms with van der Waals surface area (Å²) in [4.78, 5) is 75.6. The van der Waals surface area contributed by atoms with Crippen LogP contribution in [0.4, 0.5) is 4.79 Å². The normalized spacial score (nSPS) is 21.2. The number of benzene rings is 2. The summed E-state index contributed by atoms with van der Waals surface area (Å²) in [6.07, 6.45) is -7.83. The van der Waals surface area contributed by atoms with E-state index in [1.807, 2.05) is 48.5 Å². The molecule has 0 unspecified atom stereocenters. The van der Waals surface area contributed by atoms with Crippen LogP contribution < -0.4 is 10.6 Å². The highest BCUT2D eigenvalue weighted by Gasteiger charge is 2.52. The predicted molar refractivity (Wildman–Crippen MR) is 190 cm³/mol. The Hall–Kier alpha value is -5.10. The number of ether oxygens (including phenoxy) is 9. The number of esters is 4. The van der Waals surface area contributed by atoms with Crippen LogP contribution in [0.5, 0.6) is 0 Å². The van der Waals surface area contributed by atoms with Gasteiger partial charge in [-0.1, -0.05) is 48.5 Å². The summed E-state index contributed by atoms with van der Waals surface area (Å²) >= 11 is 0. The van der Waals surface area contributed by atoms with Gasteiger partial charge < -0.3 is 53.3 Å². The van der Waals surface area contributed by atoms with E-state index in [9.17, 15) is 28.8 Å². The van der Waals surface area contributed by atoms with Crippen molar-refractivity contribution in [3.05, 3.63) is 59.7 Å². The second-order valence-corrected chi connectivity index (χ2v) is 12.8. The molecule has 2 aromatic rings. The highest BCUT2D eigenvalue weighted by atomic mass is 16.7. The van der Waals surface area contributed by atoms with Crippen molar-refractivity contribution in [1.82, 2.24) is 10.6 Å². The first-order chi connectivity index (χ1) is 26.3. The van der Waals surface area contributed by atoms with Crippen LogP contribution in [-0.2, 0) is 66.6 Å². The minimum absolute atomic E-state index is 0.0256. The van der Waals surface area contributed by atoms with E-state index >= 15 is 0 Å². The molecule has 1 aliphatic carbocycles. The molecular weight excluding hydrogens is 724 g/mol. The van der Waals surface area contributed by atoms with E-state index in [4.69, 9.17) is 42.6 Å². The summed E-state index contributed by atoms with van der Waals surface area (Å²) in [6.45, 7) is 5.87. The van der Waals surface area contributed by atoms with E-state index in [2.05, 4.69) is 10.6 Å². The Morgan fingerprint density at radius 2 is 1.33 bits per heavy atom. The Labute approximate surface area is 318 Å². The first kappa shape index (κ1) is 42.6. The molecule has 0 saturated carbocycles. The lowest BCUT2D eigenvalue weighted by atomic mass is 9.95. The van der Waals surface area contributed by atoms with Crippen molar-refractivity contribution in [2.45, 2.75) is 83.3 Å². The molecule has 17 heteroatoms. The monoisotopic (exact) mass is 772 g/mol. The van der Waals surface area contributed by atoms with Gasteiger partial charge in [-0.15, -0.1) is 0 Å². The number of rotatable bonds is 18. The molecule has 1 fully saturated rings. The standard InChI is InChI=1S/C38H48N2O15/c1-21(52-37-33(39-22(2)41)35(54-25(5)44)34(53-24(4)43)31(55-37)20-50-23(3)42)32(36(45)49-18-17-48-16-15-47-6)40-38(46)51-19-30-28-13-9-7-11-26(28)27-12-8-10-14-29(27)30/h7-14,21,30-35,37H,15-20H2,1-6H3,(H,39,41)(H,40,46)/t21-,31-,32+,33-,34+,35-,37+/m1/s1. The number of carbonyl (C=O) groups excluding carboxylic acids is 6. The van der Waals surface area contributed by atoms with Crippen LogP contribution in [0, 0.1) is 0 Å². The molecular formula is C38H48N2O15. The summed E-state index contributed by atoms with van der Waals surface area (Å²) in [7, 11) is 1.51. The molecule has 17 nitrogen and oxygen atoms in total. The van der Waals surface area contributed by atoms with Crippen LogP contribution >= 0.6 is 0 Å². The minimum Gasteiger partial charge on any atom is -0.463 e. The molecule has 7 atom stereocenters. The Bertz CT molecular complexity index is 1620. The smallest absolute Gasteiger partial charge is 0.407 e. The van der Waals surface area contributed by atoms with Gasteiger partial charge in [0.1, 0.15) is 32.0 Å². The number of hydrogen-bond acceptors (Lipinski definition) is 15. The van der Waals surface area contributed by atoms with Gasteiger partial charge in [-0.25, -0.2) is 9.59 Å². The van der Waals surface area contributed by atoms with Crippen LogP contribution in [0.15, 0.2) is 48.5 Å². The van der Waals surface area contributed by atoms with Crippen molar-refractivity contribution < 1.29 is 71.4 Å². The van der Waals surface area contributed by atoms with E-state index in [1.54, 1.807) is 0 Å². The Morgan fingerprint density at radius 3 is 1.91 bits per heavy atom. The second kappa shape index (κ2) is 20.5. The quantitative estimate of drug-likeness (QED) is 0.126. The summed E-state index contributed by atoms with van der Waals surface area (Å²) in [5, 5.41) is 5.13. The van der Waals surface area contributed by atoms with E-state index in [1.165, 1.54) is 21.0 Å². The largest absolute Gasteiger partial charge is 0.463 e. The Balaban J connectivity index is 1.57. The average molecular weight is 773 g/mol. The van der Waals surface area contributed by atoms with Crippen LogP contribution in [0.25, 0.3) is 11.1 Å². The van der Waals surface area contributed by atoms with E-state index in [0.717, 1.165) is 43.0 Å². The number of hydrogen-bond donors (Lipinski definition) is 2. The third-order valence-corrected chi connectivity index (χ3v) is 8.66. The molecule has 0 bridgehead atoms. The SMILES string of the molecule is COCCOCCOC(=O)[C@@H](NC(=O)OCC1c2ccccc2-c2ccccc21)[C@@H](C)O[C@H]1O[C@H](COC(C)=O)[C@H](OC(C)=O)[C@H](OC(C)=O)[C@H]1NC(C)=O. The molecule has 2 N–H and O–H groups in total. The number of fused-ring (bicyclic) bond motifs is 3. The fraction of sp³-hybridized carbons (Fsp3) is 0.526. The van der Waals surface area contributed by atoms with Crippen molar-refractivity contribution in [3.63, 3.8) is 0 Å². The molecule has 55 heavy (non-hydrogen) atoms. The van der Waals surface area contributed by atoms with Crippen LogP contribution in [0.2, 0.25) is 0 Å². The first-order valence-corrected chi connectivity index (χ1v) is 17.7. The van der Waals surface area contributed by atoms with E-state index in [-0.39, 0.29) is 32.3 Å². The lowest BCUT2D eigenvalue weighted by Crippen LogP contribution is -2.67. The van der Waals surface area contributed by atoms with Crippen molar-refractivity contribution in [2.24, 2.45) is 0 Å². The maximum atomic E-state index is 13.6. The van der Waals surface area contributed by atoms with Gasteiger partial charge in [0.2, 0.25) is 5.91 Å². The number of alkyl carbamates (subject to hydrolysis) is 1. The van der Waals surface area contributed by atoms with Gasteiger partial charge in [-0.05, 0) is 29.2 Å². The molecule has 2 amide bonds. The molecule has 0 aromatic heterocycles. The van der Waals surface area contributed by atoms with E-state index in [0.29, 0.717) is 6.61 Å². The summed E-state index contributed by atoms with van der Waals surface area (Å²) in [5.74, 6) is -4.07. The van der Waals surface area contributed by atoms with Crippen molar-refractivity contribution in [1.29, 1.82) is 0 Å². The highest BCUT2D eigenvalue weighted by molar-refractivity contribution is 5.82. The molecule has 0 spiro atoms. The number of carbonyl (C=O) groups is 6. The van der Waals surface area contributed by atoms with Crippen LogP contribution in [-0.4, -0.2) is 125 Å². The van der Waals surface area contributed by atoms with Crippen LogP contribution in [0.1, 0.15) is 51.7 Å². The highest BCUT2D eigenvalue weighted by Crippen LogP contribution is 2.44. The molecule has 1 aliphatic heterocycles. The molecule has 2 aromatic carbocycles. The molecule has 0 radical (unpaired) electrons. The summed E-state index contributed by atoms with van der Waals surface area (Å²) in [6, 6.07) is 12.7. The van der Waals surface area contributed by atoms with Crippen molar-refractivity contribution in [3.8, 4) is 11.1 Å². The van der Waals surface area contributed by atoms with Crippen LogP contribution in [0.3, 0.4) is 0 Å². The van der Waals surface area contributed by atoms with E-state index < -0.39 is 85.3 Å². The number of nitrogens with one attached hydrogen (secondary N) is 2. The zero-order chi connectivity index (χ0) is 40.1. The van der Waals surface area contributed by atoms with Gasteiger partial charge in [0, 0.05) is 40.7 Å². The van der Waals surface area contributed by atoms with Crippen molar-refractivity contribution in [2.75, 3.05) is 46.8 Å². The molecule has 1 heterocycles. The fourth-order valence-electron chi connectivity index (χ4n) is 6.37. The van der Waals surface area contributed by atoms with Gasteiger partial charge >= 0.3 is 30.0 Å². The molecule has 2 aliphatic rings. The Kier molecular flexibility index (Phi) is 15.9. The lowest BCUT2D eigenvalue weighted by molar-refractivity contribution is -0.288. The van der Waals surface area contributed by atoms with Gasteiger partial charge in [0.15, 0.2) is 24.5 Å². The number of methoxy groups -OCH3 is 1. The Morgan fingerprint density at radius 1 is 0.727 bits per heavy atom. The van der Waals surface area contributed by atoms with Gasteiger partial charge in [-0.2, -0.15) is 0 Å². The molecule has 300 valence electrons. The van der Waals surface area contributed by atoms with Gasteiger partial charge in [-0.3, -0.25) is 19.2 Å². The summed E-state index contributed by atoms with van der Waals surface area (Å²) < 4.78 is 49.8. The number of amides is 2. The zero-order valence-electron chi connectivity index (χ0n) is 31.6. The lowest BCUT2D eigenvalue weighted by Gasteiger charge is -2.45. The fourth-order valence-corrected chi connectivity index (χ4v) is 6.37. The average Bonchev–Trinajstić information content (AvgIpc) is 3.45. The third kappa shape index (κ3) is 11.9. The zero-order valence-corrected chi connectivity index (χ0v) is 31.6. The molecule has 1 saturated heterocycles. The second-order valence-electron chi connectivity index (χ2n) is 12.8. The maximum absolute atomic E-state index is 13.6. The maximum Gasteiger partial charge on any atom is 0.407 e. The predicted octanol–water partition coefficient (Wildman–Crippen LogP) is 2.16. The first-order valence-electron chi connectivity index (χ1n) is 17.7. The summed E-state index contributed by atoms with van der Waals surface area (Å²) in [5.41, 5.74) is 4.02. The minimum atomic E-state index is -1.53. The van der Waals surface area contributed by atoms with Gasteiger partial charge in [0.25, 0.3) is 0 Å².